The maximum absolute atomic E-state index is 12.3. The summed E-state index contributed by atoms with van der Waals surface area (Å²) in [6, 6.07) is 24.4. The minimum atomic E-state index is -0.771. The van der Waals surface area contributed by atoms with Gasteiger partial charge in [-0.05, 0) is 46.7 Å². The van der Waals surface area contributed by atoms with Crippen LogP contribution in [-0.2, 0) is 37.0 Å². The van der Waals surface area contributed by atoms with E-state index in [1.54, 1.807) is 0 Å². The number of nitrogens with one attached hydrogen (secondary N) is 1. The van der Waals surface area contributed by atoms with Crippen LogP contribution in [0.15, 0.2) is 72.8 Å². The largest absolute Gasteiger partial charge is 0.481 e. The first-order valence-electron chi connectivity index (χ1n) is 16.5. The van der Waals surface area contributed by atoms with Gasteiger partial charge in [-0.25, -0.2) is 0 Å². The third-order valence-corrected chi connectivity index (χ3v) is 8.66. The quantitative estimate of drug-likeness (QED) is 0.181. The highest BCUT2D eigenvalue weighted by Crippen LogP contribution is 2.38. The number of carbonyl (C=O) groups is 2. The van der Waals surface area contributed by atoms with Crippen LogP contribution in [0, 0.1) is 0 Å². The van der Waals surface area contributed by atoms with Crippen LogP contribution in [0.3, 0.4) is 0 Å². The van der Waals surface area contributed by atoms with E-state index in [0.717, 1.165) is 91.9 Å². The molecule has 9 nitrogen and oxygen atoms in total. The Morgan fingerprint density at radius 3 is 2.24 bits per heavy atom. The summed E-state index contributed by atoms with van der Waals surface area (Å²) < 4.78 is 18.6. The fraction of sp³-hybridized carbons (Fsp3) is 0.459. The van der Waals surface area contributed by atoms with Gasteiger partial charge in [-0.15, -0.1) is 0 Å². The first kappa shape index (κ1) is 33.8. The van der Waals surface area contributed by atoms with Crippen molar-refractivity contribution in [1.82, 2.24) is 10.2 Å². The van der Waals surface area contributed by atoms with Crippen molar-refractivity contribution in [3.63, 3.8) is 0 Å². The highest BCUT2D eigenvalue weighted by Gasteiger charge is 2.33. The maximum atomic E-state index is 12.3. The van der Waals surface area contributed by atoms with Crippen LogP contribution >= 0.6 is 0 Å². The second kappa shape index (κ2) is 17.4. The molecule has 0 aromatic heterocycles. The van der Waals surface area contributed by atoms with E-state index in [0.29, 0.717) is 19.4 Å². The van der Waals surface area contributed by atoms with Gasteiger partial charge in [0.25, 0.3) is 0 Å². The molecule has 0 radical (unpaired) electrons. The van der Waals surface area contributed by atoms with Crippen LogP contribution in [-0.4, -0.2) is 65.9 Å². The monoisotopic (exact) mass is 630 g/mol. The average Bonchev–Trinajstić information content (AvgIpc) is 3.09. The standard InChI is InChI=1S/C37H46N2O7/c40-26-27-10-12-30(13-11-27)34-23-33(25-39-18-20-44-21-19-39)45-37(46-34)31-16-14-29(15-17-31)32-7-5-6-28(22-32)24-38-35(41)8-3-1-2-4-9-36(42)43/h5-7,10-17,22,33-34,37,40H,1-4,8-9,18-21,23-26H2,(H,38,41)(H,42,43)/t33-,34+,37+/m0/s1. The molecule has 3 aromatic carbocycles. The van der Waals surface area contributed by atoms with E-state index in [1.807, 2.05) is 36.4 Å². The van der Waals surface area contributed by atoms with E-state index >= 15 is 0 Å². The van der Waals surface area contributed by atoms with Gasteiger partial charge in [0, 0.05) is 51.0 Å². The Hall–Kier alpha value is -3.60. The van der Waals surface area contributed by atoms with Crippen LogP contribution in [0.25, 0.3) is 11.1 Å². The third-order valence-electron chi connectivity index (χ3n) is 8.66. The molecule has 0 bridgehead atoms. The van der Waals surface area contributed by atoms with Gasteiger partial charge in [0.1, 0.15) is 0 Å². The minimum absolute atomic E-state index is 0.00266. The summed E-state index contributed by atoms with van der Waals surface area (Å²) in [5.41, 5.74) is 6.06. The number of amides is 1. The van der Waals surface area contributed by atoms with E-state index < -0.39 is 12.3 Å². The number of hydrogen-bond donors (Lipinski definition) is 3. The van der Waals surface area contributed by atoms with Gasteiger partial charge < -0.3 is 29.7 Å². The normalized spacial score (nSPS) is 20.3. The Kier molecular flexibility index (Phi) is 12.7. The number of hydrogen-bond acceptors (Lipinski definition) is 7. The number of aliphatic carboxylic acids is 1. The molecule has 246 valence electrons. The smallest absolute Gasteiger partial charge is 0.303 e. The molecule has 46 heavy (non-hydrogen) atoms. The van der Waals surface area contributed by atoms with Crippen molar-refractivity contribution in [3.05, 3.63) is 95.1 Å². The summed E-state index contributed by atoms with van der Waals surface area (Å²) >= 11 is 0. The molecule has 2 aliphatic heterocycles. The molecule has 0 saturated carbocycles. The zero-order chi connectivity index (χ0) is 32.1. The summed E-state index contributed by atoms with van der Waals surface area (Å²) in [5, 5.41) is 21.2. The lowest BCUT2D eigenvalue weighted by atomic mass is 9.99. The van der Waals surface area contributed by atoms with E-state index in [1.165, 1.54) is 0 Å². The van der Waals surface area contributed by atoms with Crippen molar-refractivity contribution in [2.75, 3.05) is 32.8 Å². The SMILES string of the molecule is O=C(O)CCCCCCC(=O)NCc1cccc(-c2ccc([C@@H]3O[C@H](CN4CCOCC4)C[C@H](c4ccc(CO)cc4)O3)cc2)c1. The van der Waals surface area contributed by atoms with Gasteiger partial charge in [-0.3, -0.25) is 14.5 Å². The van der Waals surface area contributed by atoms with Gasteiger partial charge in [0.2, 0.25) is 5.91 Å². The molecule has 3 aromatic rings. The molecular weight excluding hydrogens is 584 g/mol. The van der Waals surface area contributed by atoms with Crippen molar-refractivity contribution in [2.45, 2.75) is 76.6 Å². The van der Waals surface area contributed by atoms with Crippen LogP contribution in [0.5, 0.6) is 0 Å². The molecule has 2 aliphatic rings. The van der Waals surface area contributed by atoms with Crippen LogP contribution in [0.4, 0.5) is 0 Å². The lowest BCUT2D eigenvalue weighted by Crippen LogP contribution is -2.44. The molecule has 9 heteroatoms. The van der Waals surface area contributed by atoms with Crippen molar-refractivity contribution >= 4 is 11.9 Å². The van der Waals surface area contributed by atoms with Crippen LogP contribution < -0.4 is 5.32 Å². The number of ether oxygens (including phenoxy) is 3. The predicted molar refractivity (Wildman–Crippen MR) is 175 cm³/mol. The predicted octanol–water partition coefficient (Wildman–Crippen LogP) is 5.76. The number of benzene rings is 3. The van der Waals surface area contributed by atoms with Crippen molar-refractivity contribution < 1.29 is 34.0 Å². The van der Waals surface area contributed by atoms with E-state index in [4.69, 9.17) is 19.3 Å². The van der Waals surface area contributed by atoms with Gasteiger partial charge in [0.15, 0.2) is 6.29 Å². The molecule has 0 unspecified atom stereocenters. The molecule has 0 aliphatic carbocycles. The molecule has 0 spiro atoms. The first-order valence-corrected chi connectivity index (χ1v) is 16.5. The van der Waals surface area contributed by atoms with E-state index in [-0.39, 0.29) is 31.1 Å². The van der Waals surface area contributed by atoms with Gasteiger partial charge in [-0.2, -0.15) is 0 Å². The number of aliphatic hydroxyl groups excluding tert-OH is 1. The number of carboxylic acids is 1. The van der Waals surface area contributed by atoms with E-state index in [9.17, 15) is 14.7 Å². The number of aliphatic hydroxyl groups is 1. The fourth-order valence-electron chi connectivity index (χ4n) is 6.00. The zero-order valence-corrected chi connectivity index (χ0v) is 26.4. The summed E-state index contributed by atoms with van der Waals surface area (Å²) in [6.07, 6.45) is 3.86. The highest BCUT2D eigenvalue weighted by molar-refractivity contribution is 5.76. The fourth-order valence-corrected chi connectivity index (χ4v) is 6.00. The number of rotatable bonds is 15. The first-order chi connectivity index (χ1) is 22.5. The summed E-state index contributed by atoms with van der Waals surface area (Å²) in [4.78, 5) is 25.3. The lowest BCUT2D eigenvalue weighted by Gasteiger charge is -2.39. The molecule has 2 saturated heterocycles. The van der Waals surface area contributed by atoms with Crippen molar-refractivity contribution in [2.24, 2.45) is 0 Å². The Labute approximate surface area is 271 Å². The van der Waals surface area contributed by atoms with E-state index in [2.05, 4.69) is 46.6 Å². The number of carboxylic acid groups (broad SMARTS) is 1. The molecule has 3 N–H and O–H groups in total. The minimum Gasteiger partial charge on any atom is -0.481 e. The Morgan fingerprint density at radius 2 is 1.52 bits per heavy atom. The van der Waals surface area contributed by atoms with Crippen LogP contribution in [0.2, 0.25) is 0 Å². The number of nitrogens with zero attached hydrogens (tertiary/aromatic N) is 1. The third kappa shape index (κ3) is 10.2. The molecule has 2 fully saturated rings. The summed E-state index contributed by atoms with van der Waals surface area (Å²) in [6.45, 7) is 4.57. The molecule has 3 atom stereocenters. The highest BCUT2D eigenvalue weighted by atomic mass is 16.7. The van der Waals surface area contributed by atoms with Gasteiger partial charge in [0.05, 0.1) is 32.0 Å². The molecule has 2 heterocycles. The summed E-state index contributed by atoms with van der Waals surface area (Å²) in [7, 11) is 0. The molecule has 1 amide bonds. The Morgan fingerprint density at radius 1 is 0.804 bits per heavy atom. The van der Waals surface area contributed by atoms with Gasteiger partial charge >= 0.3 is 5.97 Å². The number of carbonyl (C=O) groups excluding carboxylic acids is 1. The van der Waals surface area contributed by atoms with Gasteiger partial charge in [-0.1, -0.05) is 79.6 Å². The van der Waals surface area contributed by atoms with Crippen molar-refractivity contribution in [3.8, 4) is 11.1 Å². The number of morpholine rings is 1. The second-order valence-electron chi connectivity index (χ2n) is 12.2. The second-order valence-corrected chi connectivity index (χ2v) is 12.2. The van der Waals surface area contributed by atoms with Crippen LogP contribution in [0.1, 0.15) is 79.6 Å². The maximum Gasteiger partial charge on any atom is 0.303 e. The van der Waals surface area contributed by atoms with Crippen molar-refractivity contribution in [1.29, 1.82) is 0 Å². The molecule has 5 rings (SSSR count). The summed E-state index contributed by atoms with van der Waals surface area (Å²) in [5.74, 6) is -0.762. The lowest BCUT2D eigenvalue weighted by molar-refractivity contribution is -0.253. The average molecular weight is 631 g/mol. The number of unbranched alkanes of at least 4 members (excludes halogenated alkanes) is 3. The Bertz CT molecular complexity index is 1390. The topological polar surface area (TPSA) is 118 Å². The molecular formula is C37H46N2O7. The Balaban J connectivity index is 1.19. The zero-order valence-electron chi connectivity index (χ0n) is 26.4.